The number of benzene rings is 1. The Labute approximate surface area is 219 Å². The Hall–Kier alpha value is -2.80. The van der Waals surface area contributed by atoms with Gasteiger partial charge in [0.05, 0.1) is 24.7 Å². The van der Waals surface area contributed by atoms with Crippen LogP contribution in [0.15, 0.2) is 35.5 Å². The Morgan fingerprint density at radius 1 is 1.19 bits per heavy atom. The molecule has 1 aromatic carbocycles. The third-order valence-corrected chi connectivity index (χ3v) is 8.30. The van der Waals surface area contributed by atoms with Crippen LogP contribution in [0.25, 0.3) is 11.2 Å². The van der Waals surface area contributed by atoms with Gasteiger partial charge in [0, 0.05) is 31.3 Å². The minimum atomic E-state index is -1.26. The lowest BCUT2D eigenvalue weighted by Gasteiger charge is -2.20. The standard InChI is InChI=1S/C25H33N7O4S/c1-3-11-37-25-27-22(31(2)17-12-15(17)14-7-5-4-6-8-14)19-23(28-25)32(30-29-19)18-13-16(20(34)21(18)35)24(36)26-9-10-33/h4-8,15-18,20-21,33-35H,3,9-13H2,1-2H3,(H,26,36). The molecule has 12 heteroatoms. The highest BCUT2D eigenvalue weighted by Gasteiger charge is 2.47. The summed E-state index contributed by atoms with van der Waals surface area (Å²) >= 11 is 1.55. The van der Waals surface area contributed by atoms with Gasteiger partial charge in [-0.1, -0.05) is 54.2 Å². The van der Waals surface area contributed by atoms with Crippen molar-refractivity contribution in [1.29, 1.82) is 0 Å². The summed E-state index contributed by atoms with van der Waals surface area (Å²) in [7, 11) is 2.01. The number of carbonyl (C=O) groups is 1. The number of hydrogen-bond acceptors (Lipinski definition) is 10. The summed E-state index contributed by atoms with van der Waals surface area (Å²) in [5.41, 5.74) is 2.29. The summed E-state index contributed by atoms with van der Waals surface area (Å²) in [6.07, 6.45) is -0.340. The molecule has 37 heavy (non-hydrogen) atoms. The maximum absolute atomic E-state index is 12.5. The number of amides is 1. The van der Waals surface area contributed by atoms with Crippen molar-refractivity contribution in [2.45, 2.75) is 61.6 Å². The molecule has 0 spiro atoms. The van der Waals surface area contributed by atoms with Crippen molar-refractivity contribution < 1.29 is 20.1 Å². The summed E-state index contributed by atoms with van der Waals surface area (Å²) in [6, 6.07) is 10.0. The number of nitrogens with zero attached hydrogens (tertiary/aromatic N) is 6. The third-order valence-electron chi connectivity index (χ3n) is 7.25. The second-order valence-electron chi connectivity index (χ2n) is 9.72. The van der Waals surface area contributed by atoms with Gasteiger partial charge in [0.15, 0.2) is 22.1 Å². The van der Waals surface area contributed by atoms with E-state index in [9.17, 15) is 15.0 Å². The molecule has 2 heterocycles. The number of thioether (sulfide) groups is 1. The molecule has 11 nitrogen and oxygen atoms in total. The van der Waals surface area contributed by atoms with Crippen molar-refractivity contribution >= 4 is 34.7 Å². The lowest BCUT2D eigenvalue weighted by atomic mass is 10.0. The van der Waals surface area contributed by atoms with Gasteiger partial charge >= 0.3 is 0 Å². The van der Waals surface area contributed by atoms with Crippen LogP contribution in [0, 0.1) is 5.92 Å². The van der Waals surface area contributed by atoms with E-state index in [0.29, 0.717) is 28.1 Å². The number of carbonyl (C=O) groups excluding carboxylic acids is 1. The number of aliphatic hydroxyl groups excluding tert-OH is 3. The normalized spacial score (nSPS) is 26.9. The van der Waals surface area contributed by atoms with Gasteiger partial charge in [-0.2, -0.15) is 0 Å². The van der Waals surface area contributed by atoms with Crippen LogP contribution in [0.3, 0.4) is 0 Å². The molecule has 2 aliphatic rings. The minimum Gasteiger partial charge on any atom is -0.395 e. The minimum absolute atomic E-state index is 0.0845. The van der Waals surface area contributed by atoms with Crippen LogP contribution in [0.4, 0.5) is 5.82 Å². The Morgan fingerprint density at radius 2 is 1.97 bits per heavy atom. The molecule has 0 bridgehead atoms. The monoisotopic (exact) mass is 527 g/mol. The molecule has 3 aromatic rings. The summed E-state index contributed by atoms with van der Waals surface area (Å²) in [4.78, 5) is 24.2. The van der Waals surface area contributed by atoms with Crippen molar-refractivity contribution in [2.24, 2.45) is 5.92 Å². The quantitative estimate of drug-likeness (QED) is 0.223. The van der Waals surface area contributed by atoms with Gasteiger partial charge in [-0.25, -0.2) is 14.6 Å². The largest absolute Gasteiger partial charge is 0.395 e. The molecule has 2 aromatic heterocycles. The first-order valence-corrected chi connectivity index (χ1v) is 13.7. The van der Waals surface area contributed by atoms with Crippen LogP contribution in [-0.2, 0) is 4.79 Å². The van der Waals surface area contributed by atoms with E-state index < -0.39 is 30.1 Å². The first-order valence-electron chi connectivity index (χ1n) is 12.7. The third kappa shape index (κ3) is 5.02. The smallest absolute Gasteiger partial charge is 0.225 e. The first kappa shape index (κ1) is 25.8. The predicted octanol–water partition coefficient (Wildman–Crippen LogP) is 1.11. The fraction of sp³-hybridized carbons (Fsp3) is 0.560. The van der Waals surface area contributed by atoms with E-state index in [1.54, 1.807) is 11.8 Å². The average Bonchev–Trinajstić information content (AvgIpc) is 3.53. The van der Waals surface area contributed by atoms with Crippen molar-refractivity contribution in [1.82, 2.24) is 30.3 Å². The van der Waals surface area contributed by atoms with Gasteiger partial charge in [0.2, 0.25) is 5.91 Å². The maximum Gasteiger partial charge on any atom is 0.225 e. The number of rotatable bonds is 10. The zero-order valence-electron chi connectivity index (χ0n) is 20.9. The number of aromatic nitrogens is 5. The first-order chi connectivity index (χ1) is 17.9. The predicted molar refractivity (Wildman–Crippen MR) is 139 cm³/mol. The van der Waals surface area contributed by atoms with E-state index in [1.807, 2.05) is 13.1 Å². The van der Waals surface area contributed by atoms with Gasteiger partial charge in [0.25, 0.3) is 0 Å². The molecule has 5 rings (SSSR count). The zero-order chi connectivity index (χ0) is 26.1. The van der Waals surface area contributed by atoms with E-state index in [4.69, 9.17) is 15.1 Å². The van der Waals surface area contributed by atoms with Gasteiger partial charge in [-0.3, -0.25) is 4.79 Å². The van der Waals surface area contributed by atoms with E-state index >= 15 is 0 Å². The summed E-state index contributed by atoms with van der Waals surface area (Å²) in [5, 5.41) is 42.4. The zero-order valence-corrected chi connectivity index (χ0v) is 21.8. The SMILES string of the molecule is CCCSc1nc(N(C)C2CC2c2ccccc2)c2nnn(C3CC(C(=O)NCCO)C(O)C3O)c2n1. The summed E-state index contributed by atoms with van der Waals surface area (Å²) in [6.45, 7) is 1.98. The molecule has 198 valence electrons. The van der Waals surface area contributed by atoms with Crippen LogP contribution in [0.2, 0.25) is 0 Å². The summed E-state index contributed by atoms with van der Waals surface area (Å²) in [5.74, 6) is 0.695. The number of likely N-dealkylation sites (N-methyl/N-ethyl adjacent to an activating group) is 1. The van der Waals surface area contributed by atoms with Crippen LogP contribution >= 0.6 is 11.8 Å². The number of aliphatic hydroxyl groups is 3. The molecule has 2 saturated carbocycles. The second kappa shape index (κ2) is 10.9. The number of nitrogens with one attached hydrogen (secondary N) is 1. The molecule has 4 N–H and O–H groups in total. The lowest BCUT2D eigenvalue weighted by Crippen LogP contribution is -2.39. The number of fused-ring (bicyclic) bond motifs is 1. The van der Waals surface area contributed by atoms with E-state index in [2.05, 4.69) is 51.7 Å². The second-order valence-corrected chi connectivity index (χ2v) is 10.8. The van der Waals surface area contributed by atoms with Crippen LogP contribution in [-0.4, -0.2) is 90.4 Å². The Bertz CT molecular complexity index is 1240. The average molecular weight is 528 g/mol. The Morgan fingerprint density at radius 3 is 2.70 bits per heavy atom. The van der Waals surface area contributed by atoms with Gasteiger partial charge < -0.3 is 25.5 Å². The van der Waals surface area contributed by atoms with Crippen molar-refractivity contribution in [3.05, 3.63) is 35.9 Å². The highest BCUT2D eigenvalue weighted by Crippen LogP contribution is 2.46. The summed E-state index contributed by atoms with van der Waals surface area (Å²) < 4.78 is 1.53. The topological polar surface area (TPSA) is 150 Å². The fourth-order valence-electron chi connectivity index (χ4n) is 5.17. The molecule has 0 saturated heterocycles. The number of hydrogen-bond donors (Lipinski definition) is 4. The maximum atomic E-state index is 12.5. The van der Waals surface area contributed by atoms with Gasteiger partial charge in [-0.05, 0) is 24.8 Å². The van der Waals surface area contributed by atoms with Crippen molar-refractivity contribution in [2.75, 3.05) is 30.9 Å². The van der Waals surface area contributed by atoms with Crippen LogP contribution < -0.4 is 10.2 Å². The molecule has 0 aliphatic heterocycles. The molecule has 6 atom stereocenters. The highest BCUT2D eigenvalue weighted by molar-refractivity contribution is 7.99. The molecule has 0 radical (unpaired) electrons. The van der Waals surface area contributed by atoms with E-state index in [0.717, 1.165) is 18.6 Å². The molecule has 1 amide bonds. The van der Waals surface area contributed by atoms with Crippen LogP contribution in [0.5, 0.6) is 0 Å². The van der Waals surface area contributed by atoms with E-state index in [-0.39, 0.29) is 25.6 Å². The molecular weight excluding hydrogens is 494 g/mol. The van der Waals surface area contributed by atoms with Crippen molar-refractivity contribution in [3.63, 3.8) is 0 Å². The Balaban J connectivity index is 1.47. The molecular formula is C25H33N7O4S. The molecule has 6 unspecified atom stereocenters. The fourth-order valence-corrected chi connectivity index (χ4v) is 5.86. The van der Waals surface area contributed by atoms with Gasteiger partial charge in [-0.15, -0.1) is 5.10 Å². The van der Waals surface area contributed by atoms with Crippen molar-refractivity contribution in [3.8, 4) is 0 Å². The Kier molecular flexibility index (Phi) is 7.61. The molecule has 2 fully saturated rings. The van der Waals surface area contributed by atoms with Gasteiger partial charge in [0.1, 0.15) is 6.10 Å². The van der Waals surface area contributed by atoms with Crippen LogP contribution in [0.1, 0.15) is 43.7 Å². The number of anilines is 1. The van der Waals surface area contributed by atoms with E-state index in [1.165, 1.54) is 10.2 Å². The molecule has 2 aliphatic carbocycles. The lowest BCUT2D eigenvalue weighted by molar-refractivity contribution is -0.129. The highest BCUT2D eigenvalue weighted by atomic mass is 32.2.